The molecule has 1 amide bonds. The van der Waals surface area contributed by atoms with Gasteiger partial charge < -0.3 is 4.90 Å². The second-order valence-corrected chi connectivity index (χ2v) is 7.23. The Morgan fingerprint density at radius 2 is 1.89 bits per heavy atom. The number of rotatable bonds is 4. The molecule has 1 aliphatic heterocycles. The third kappa shape index (κ3) is 3.68. The summed E-state index contributed by atoms with van der Waals surface area (Å²) in [5.74, 6) is -0.239. The van der Waals surface area contributed by atoms with Crippen molar-refractivity contribution in [3.8, 4) is 11.1 Å². The van der Waals surface area contributed by atoms with Gasteiger partial charge in [0.05, 0.1) is 6.20 Å². The zero-order chi connectivity index (χ0) is 19.5. The van der Waals surface area contributed by atoms with Crippen LogP contribution < -0.4 is 0 Å². The highest BCUT2D eigenvalue weighted by molar-refractivity contribution is 5.92. The van der Waals surface area contributed by atoms with Crippen molar-refractivity contribution in [1.82, 2.24) is 9.88 Å². The lowest BCUT2D eigenvalue weighted by Gasteiger charge is -2.16. The quantitative estimate of drug-likeness (QED) is 0.638. The maximum absolute atomic E-state index is 13.0. The summed E-state index contributed by atoms with van der Waals surface area (Å²) in [6.07, 6.45) is 3.03. The van der Waals surface area contributed by atoms with Gasteiger partial charge in [-0.15, -0.1) is 0 Å². The number of pyridine rings is 1. The van der Waals surface area contributed by atoms with Crippen LogP contribution in [0.4, 0.5) is 4.39 Å². The SMILES string of the molecule is CCc1ccccc1-c1ccc(C2CCN(C(=O)c3ccc(F)cn3)C2)cc1. The third-order valence-corrected chi connectivity index (χ3v) is 5.51. The van der Waals surface area contributed by atoms with E-state index in [1.54, 1.807) is 0 Å². The molecule has 142 valence electrons. The molecule has 3 aromatic rings. The topological polar surface area (TPSA) is 33.2 Å². The summed E-state index contributed by atoms with van der Waals surface area (Å²) >= 11 is 0. The van der Waals surface area contributed by atoms with Gasteiger partial charge in [-0.05, 0) is 47.2 Å². The number of hydrogen-bond acceptors (Lipinski definition) is 2. The Morgan fingerprint density at radius 1 is 1.11 bits per heavy atom. The average molecular weight is 374 g/mol. The third-order valence-electron chi connectivity index (χ3n) is 5.51. The Labute approximate surface area is 164 Å². The summed E-state index contributed by atoms with van der Waals surface area (Å²) in [6.45, 7) is 3.54. The summed E-state index contributed by atoms with van der Waals surface area (Å²) in [4.78, 5) is 18.3. The fourth-order valence-electron chi connectivity index (χ4n) is 3.93. The first kappa shape index (κ1) is 18.4. The van der Waals surface area contributed by atoms with Crippen LogP contribution in [0.3, 0.4) is 0 Å². The van der Waals surface area contributed by atoms with E-state index in [2.05, 4.69) is 60.4 Å². The molecule has 1 aliphatic rings. The van der Waals surface area contributed by atoms with Crippen molar-refractivity contribution in [3.05, 3.63) is 89.5 Å². The first-order valence-electron chi connectivity index (χ1n) is 9.74. The molecule has 0 radical (unpaired) electrons. The monoisotopic (exact) mass is 374 g/mol. The molecule has 0 spiro atoms. The van der Waals surface area contributed by atoms with Crippen molar-refractivity contribution in [2.75, 3.05) is 13.1 Å². The zero-order valence-electron chi connectivity index (χ0n) is 15.9. The van der Waals surface area contributed by atoms with Gasteiger partial charge in [0.2, 0.25) is 0 Å². The zero-order valence-corrected chi connectivity index (χ0v) is 15.9. The predicted octanol–water partition coefficient (Wildman–Crippen LogP) is 5.08. The average Bonchev–Trinajstić information content (AvgIpc) is 3.24. The minimum atomic E-state index is -0.430. The molecule has 0 aliphatic carbocycles. The van der Waals surface area contributed by atoms with E-state index in [4.69, 9.17) is 0 Å². The Morgan fingerprint density at radius 3 is 2.61 bits per heavy atom. The maximum Gasteiger partial charge on any atom is 0.272 e. The van der Waals surface area contributed by atoms with Crippen LogP contribution in [-0.4, -0.2) is 28.9 Å². The molecule has 1 fully saturated rings. The Bertz CT molecular complexity index is 967. The molecule has 1 atom stereocenters. The normalized spacial score (nSPS) is 16.4. The van der Waals surface area contributed by atoms with Crippen molar-refractivity contribution >= 4 is 5.91 Å². The molecule has 2 aromatic carbocycles. The van der Waals surface area contributed by atoms with E-state index >= 15 is 0 Å². The largest absolute Gasteiger partial charge is 0.337 e. The lowest BCUT2D eigenvalue weighted by Crippen LogP contribution is -2.29. The maximum atomic E-state index is 13.0. The van der Waals surface area contributed by atoms with Gasteiger partial charge in [0.1, 0.15) is 11.5 Å². The standard InChI is InChI=1S/C24H23FN2O/c1-2-17-5-3-4-6-22(17)19-9-7-18(8-10-19)20-13-14-27(16-20)24(28)23-12-11-21(25)15-26-23/h3-12,15,20H,2,13-14,16H2,1H3. The summed E-state index contributed by atoms with van der Waals surface area (Å²) < 4.78 is 13.0. The van der Waals surface area contributed by atoms with Crippen LogP contribution in [0.25, 0.3) is 11.1 Å². The first-order valence-corrected chi connectivity index (χ1v) is 9.74. The molecule has 3 nitrogen and oxygen atoms in total. The number of aryl methyl sites for hydroxylation is 1. The van der Waals surface area contributed by atoms with E-state index in [0.717, 1.165) is 19.0 Å². The Hall–Kier alpha value is -3.01. The van der Waals surface area contributed by atoms with Crippen LogP contribution in [0.1, 0.15) is 40.9 Å². The molecule has 2 heterocycles. The number of nitrogens with zero attached hydrogens (tertiary/aromatic N) is 2. The van der Waals surface area contributed by atoms with Gasteiger partial charge in [-0.25, -0.2) is 9.37 Å². The lowest BCUT2D eigenvalue weighted by molar-refractivity contribution is 0.0785. The minimum absolute atomic E-state index is 0.129. The molecule has 28 heavy (non-hydrogen) atoms. The first-order chi connectivity index (χ1) is 13.7. The van der Waals surface area contributed by atoms with Crippen molar-refractivity contribution in [2.45, 2.75) is 25.7 Å². The van der Waals surface area contributed by atoms with Crippen LogP contribution in [0.2, 0.25) is 0 Å². The molecule has 0 bridgehead atoms. The number of amides is 1. The van der Waals surface area contributed by atoms with Crippen LogP contribution >= 0.6 is 0 Å². The highest BCUT2D eigenvalue weighted by Crippen LogP contribution is 2.31. The van der Waals surface area contributed by atoms with Crippen LogP contribution in [-0.2, 0) is 6.42 Å². The number of aromatic nitrogens is 1. The Balaban J connectivity index is 1.47. The molecular formula is C24H23FN2O. The fraction of sp³-hybridized carbons (Fsp3) is 0.250. The predicted molar refractivity (Wildman–Crippen MR) is 109 cm³/mol. The summed E-state index contributed by atoms with van der Waals surface area (Å²) in [5, 5.41) is 0. The molecule has 4 rings (SSSR count). The highest BCUT2D eigenvalue weighted by atomic mass is 19.1. The van der Waals surface area contributed by atoms with Gasteiger partial charge in [0, 0.05) is 19.0 Å². The van der Waals surface area contributed by atoms with E-state index in [0.29, 0.717) is 24.7 Å². The van der Waals surface area contributed by atoms with Crippen molar-refractivity contribution in [3.63, 3.8) is 0 Å². The minimum Gasteiger partial charge on any atom is -0.337 e. The molecule has 4 heteroatoms. The van der Waals surface area contributed by atoms with Crippen molar-refractivity contribution < 1.29 is 9.18 Å². The van der Waals surface area contributed by atoms with Gasteiger partial charge in [0.15, 0.2) is 0 Å². The highest BCUT2D eigenvalue weighted by Gasteiger charge is 2.28. The van der Waals surface area contributed by atoms with Crippen LogP contribution in [0, 0.1) is 5.82 Å². The van der Waals surface area contributed by atoms with Gasteiger partial charge in [-0.3, -0.25) is 4.79 Å². The number of carbonyl (C=O) groups is 1. The molecule has 0 N–H and O–H groups in total. The van der Waals surface area contributed by atoms with E-state index in [9.17, 15) is 9.18 Å². The smallest absolute Gasteiger partial charge is 0.272 e. The fourth-order valence-corrected chi connectivity index (χ4v) is 3.93. The number of carbonyl (C=O) groups excluding carboxylic acids is 1. The number of benzene rings is 2. The molecule has 1 saturated heterocycles. The number of likely N-dealkylation sites (tertiary alicyclic amines) is 1. The number of hydrogen-bond donors (Lipinski definition) is 0. The lowest BCUT2D eigenvalue weighted by atomic mass is 9.93. The molecular weight excluding hydrogens is 351 g/mol. The summed E-state index contributed by atoms with van der Waals surface area (Å²) in [6, 6.07) is 19.9. The molecule has 1 unspecified atom stereocenters. The summed E-state index contributed by atoms with van der Waals surface area (Å²) in [7, 11) is 0. The van der Waals surface area contributed by atoms with Gasteiger partial charge in [-0.2, -0.15) is 0 Å². The summed E-state index contributed by atoms with van der Waals surface area (Å²) in [5.41, 5.74) is 5.40. The van der Waals surface area contributed by atoms with E-state index in [1.807, 2.05) is 4.90 Å². The van der Waals surface area contributed by atoms with E-state index in [1.165, 1.54) is 34.4 Å². The van der Waals surface area contributed by atoms with Gasteiger partial charge >= 0.3 is 0 Å². The van der Waals surface area contributed by atoms with Crippen LogP contribution in [0.5, 0.6) is 0 Å². The van der Waals surface area contributed by atoms with E-state index < -0.39 is 5.82 Å². The number of halogens is 1. The van der Waals surface area contributed by atoms with Crippen LogP contribution in [0.15, 0.2) is 66.9 Å². The van der Waals surface area contributed by atoms with Crippen molar-refractivity contribution in [1.29, 1.82) is 0 Å². The Kier molecular flexibility index (Phi) is 5.20. The van der Waals surface area contributed by atoms with E-state index in [-0.39, 0.29) is 5.91 Å². The van der Waals surface area contributed by atoms with Gasteiger partial charge in [0.25, 0.3) is 5.91 Å². The second kappa shape index (κ2) is 7.93. The molecule has 0 saturated carbocycles. The van der Waals surface area contributed by atoms with Crippen molar-refractivity contribution in [2.24, 2.45) is 0 Å². The second-order valence-electron chi connectivity index (χ2n) is 7.23. The van der Waals surface area contributed by atoms with Gasteiger partial charge in [-0.1, -0.05) is 55.5 Å². The molecule has 1 aromatic heterocycles.